The van der Waals surface area contributed by atoms with Crippen LogP contribution in [-0.2, 0) is 0 Å². The molecule has 2 atom stereocenters. The van der Waals surface area contributed by atoms with Gasteiger partial charge in [-0.25, -0.2) is 0 Å². The third-order valence-electron chi connectivity index (χ3n) is 11.9. The van der Waals surface area contributed by atoms with E-state index in [-0.39, 0.29) is 17.7 Å². The Kier molecular flexibility index (Phi) is 3.67. The van der Waals surface area contributed by atoms with Crippen molar-refractivity contribution in [2.75, 3.05) is 9.80 Å². The summed E-state index contributed by atoms with van der Waals surface area (Å²) >= 11 is 0. The molecule has 6 aromatic rings. The summed E-state index contributed by atoms with van der Waals surface area (Å²) in [5.74, 6) is 2.32. The topological polar surface area (TPSA) is 15.7 Å². The van der Waals surface area contributed by atoms with Crippen LogP contribution < -0.4 is 25.5 Å². The van der Waals surface area contributed by atoms with Crippen LogP contribution >= 0.6 is 0 Å². The first kappa shape index (κ1) is 22.2. The maximum atomic E-state index is 7.47. The van der Waals surface area contributed by atoms with Crippen LogP contribution in [0.25, 0.3) is 32.3 Å². The summed E-state index contributed by atoms with van der Waals surface area (Å²) in [6.07, 6.45) is 4.88. The van der Waals surface area contributed by atoms with Gasteiger partial charge < -0.3 is 14.5 Å². The molecule has 1 saturated carbocycles. The van der Waals surface area contributed by atoms with Gasteiger partial charge in [0.2, 0.25) is 0 Å². The fraction of sp³-hybridized carbons (Fsp3) is 0.211. The van der Waals surface area contributed by atoms with E-state index in [1.54, 1.807) is 0 Å². The fourth-order valence-corrected chi connectivity index (χ4v) is 9.88. The lowest BCUT2D eigenvalue weighted by Crippen LogP contribution is -2.54. The van der Waals surface area contributed by atoms with Crippen molar-refractivity contribution in [1.29, 1.82) is 0 Å². The number of hydrogen-bond acceptors (Lipinski definition) is 3. The summed E-state index contributed by atoms with van der Waals surface area (Å²) in [7, 11) is 0. The molecule has 0 spiro atoms. The second-order valence-electron chi connectivity index (χ2n) is 13.6. The standard InChI is InChI=1S/C38H29BN2O/c1-37-20-6-7-21-38(37,2)41-28-15-9-14-27-31(28)39-32-33(40(27)24-12-4-3-5-13-24)25-18-16-22-10-8-11-23-17-19-26(30(25)29(22)23)34(32)42-35(37)36(39)41/h3-5,8-19H,6-7,20-21H2,1-2H3. The number of nitrogens with zero attached hydrogens (tertiary/aromatic N) is 2. The van der Waals surface area contributed by atoms with Gasteiger partial charge in [0.25, 0.3) is 6.71 Å². The van der Waals surface area contributed by atoms with Crippen LogP contribution in [0.3, 0.4) is 0 Å². The molecule has 3 nitrogen and oxygen atoms in total. The Morgan fingerprint density at radius 2 is 1.43 bits per heavy atom. The third-order valence-corrected chi connectivity index (χ3v) is 11.9. The lowest BCUT2D eigenvalue weighted by molar-refractivity contribution is 0.111. The first-order valence-corrected chi connectivity index (χ1v) is 15.5. The summed E-state index contributed by atoms with van der Waals surface area (Å²) in [6.45, 7) is 5.20. The number of rotatable bonds is 1. The number of fused-ring (bicyclic) bond motifs is 6. The quantitative estimate of drug-likeness (QED) is 0.154. The lowest BCUT2D eigenvalue weighted by Gasteiger charge is -2.51. The van der Waals surface area contributed by atoms with E-state index in [2.05, 4.69) is 115 Å². The number of ether oxygens (including phenoxy) is 1. The molecule has 42 heavy (non-hydrogen) atoms. The molecule has 0 amide bonds. The average molecular weight is 540 g/mol. The maximum Gasteiger partial charge on any atom is 0.279 e. The van der Waals surface area contributed by atoms with Gasteiger partial charge in [-0.15, -0.1) is 0 Å². The first-order valence-electron chi connectivity index (χ1n) is 15.5. The number of anilines is 4. The van der Waals surface area contributed by atoms with Crippen LogP contribution in [0, 0.1) is 5.41 Å². The van der Waals surface area contributed by atoms with E-state index in [0.29, 0.717) is 0 Å². The van der Waals surface area contributed by atoms with Crippen molar-refractivity contribution in [3.05, 3.63) is 102 Å². The largest absolute Gasteiger partial charge is 0.460 e. The Bertz CT molecular complexity index is 2220. The highest BCUT2D eigenvalue weighted by atomic mass is 16.5. The Morgan fingerprint density at radius 1 is 0.690 bits per heavy atom. The highest BCUT2D eigenvalue weighted by molar-refractivity contribution is 6.98. The van der Waals surface area contributed by atoms with Crippen molar-refractivity contribution in [3.63, 3.8) is 0 Å². The molecule has 6 aromatic carbocycles. The molecule has 1 aliphatic carbocycles. The molecule has 0 N–H and O–H groups in total. The van der Waals surface area contributed by atoms with Crippen molar-refractivity contribution in [2.45, 2.75) is 45.1 Å². The molecule has 1 fully saturated rings. The number of hydrogen-bond donors (Lipinski definition) is 0. The molecule has 5 aliphatic rings. The molecule has 2 unspecified atom stereocenters. The van der Waals surface area contributed by atoms with Crippen molar-refractivity contribution in [2.24, 2.45) is 5.41 Å². The second kappa shape index (κ2) is 6.95. The average Bonchev–Trinajstić information content (AvgIpc) is 3.48. The van der Waals surface area contributed by atoms with Gasteiger partial charge in [-0.1, -0.05) is 80.4 Å². The van der Waals surface area contributed by atoms with E-state index in [4.69, 9.17) is 4.74 Å². The predicted molar refractivity (Wildman–Crippen MR) is 175 cm³/mol. The normalized spacial score (nSPS) is 24.7. The van der Waals surface area contributed by atoms with Crippen LogP contribution in [0.5, 0.6) is 5.75 Å². The van der Waals surface area contributed by atoms with Gasteiger partial charge in [-0.2, -0.15) is 0 Å². The van der Waals surface area contributed by atoms with Gasteiger partial charge >= 0.3 is 0 Å². The zero-order chi connectivity index (χ0) is 27.5. The second-order valence-corrected chi connectivity index (χ2v) is 13.6. The molecule has 4 heteroatoms. The van der Waals surface area contributed by atoms with Crippen molar-refractivity contribution in [1.82, 2.24) is 0 Å². The Labute approximate surface area is 245 Å². The van der Waals surface area contributed by atoms with Crippen LogP contribution in [0.1, 0.15) is 39.5 Å². The molecule has 11 rings (SSSR count). The van der Waals surface area contributed by atoms with Gasteiger partial charge in [-0.05, 0) is 71.7 Å². The monoisotopic (exact) mass is 540 g/mol. The third kappa shape index (κ3) is 2.18. The molecule has 200 valence electrons. The van der Waals surface area contributed by atoms with Crippen molar-refractivity contribution < 1.29 is 4.74 Å². The number of benzene rings is 6. The van der Waals surface area contributed by atoms with Gasteiger partial charge in [-0.3, -0.25) is 0 Å². The fourth-order valence-electron chi connectivity index (χ4n) is 9.88. The van der Waals surface area contributed by atoms with E-state index in [1.807, 2.05) is 0 Å². The minimum Gasteiger partial charge on any atom is -0.460 e. The van der Waals surface area contributed by atoms with Gasteiger partial charge in [0.1, 0.15) is 11.5 Å². The van der Waals surface area contributed by atoms with Gasteiger partial charge in [0, 0.05) is 49.7 Å². The van der Waals surface area contributed by atoms with Crippen LogP contribution in [0.4, 0.5) is 22.7 Å². The molecule has 0 aromatic heterocycles. The van der Waals surface area contributed by atoms with E-state index >= 15 is 0 Å². The summed E-state index contributed by atoms with van der Waals surface area (Å²) in [5, 5.41) is 7.81. The SMILES string of the molecule is CC12CCCCC1(C)N1C3=C2Oc2c4c(c5ccc6cccc7ccc2c5c76)N(c2ccccc2)c2cccc1c2B34. The van der Waals surface area contributed by atoms with E-state index in [1.165, 1.54) is 103 Å². The summed E-state index contributed by atoms with van der Waals surface area (Å²) < 4.78 is 7.47. The smallest absolute Gasteiger partial charge is 0.279 e. The highest BCUT2D eigenvalue weighted by Gasteiger charge is 2.67. The minimum atomic E-state index is -0.0212. The van der Waals surface area contributed by atoms with Crippen molar-refractivity contribution in [3.8, 4) is 5.75 Å². The first-order chi connectivity index (χ1) is 20.6. The van der Waals surface area contributed by atoms with E-state index < -0.39 is 0 Å². The number of para-hydroxylation sites is 1. The van der Waals surface area contributed by atoms with Crippen LogP contribution in [0.15, 0.2) is 102 Å². The van der Waals surface area contributed by atoms with Gasteiger partial charge in [0.05, 0.1) is 11.2 Å². The summed E-state index contributed by atoms with van der Waals surface area (Å²) in [5.41, 5.74) is 9.36. The van der Waals surface area contributed by atoms with E-state index in [9.17, 15) is 0 Å². The zero-order valence-corrected chi connectivity index (χ0v) is 23.9. The molecule has 4 aliphatic heterocycles. The Balaban J connectivity index is 1.37. The Hall–Kier alpha value is -4.44. The molecular formula is C38H29BN2O. The summed E-state index contributed by atoms with van der Waals surface area (Å²) in [4.78, 5) is 5.29. The molecular weight excluding hydrogens is 511 g/mol. The van der Waals surface area contributed by atoms with Crippen LogP contribution in [-0.4, -0.2) is 12.3 Å². The minimum absolute atomic E-state index is 0.00543. The predicted octanol–water partition coefficient (Wildman–Crippen LogP) is 8.29. The molecule has 0 saturated heterocycles. The molecule has 0 bridgehead atoms. The molecule has 4 heterocycles. The maximum absolute atomic E-state index is 7.47. The van der Waals surface area contributed by atoms with Crippen molar-refractivity contribution >= 4 is 72.7 Å². The highest BCUT2D eigenvalue weighted by Crippen LogP contribution is 2.65. The van der Waals surface area contributed by atoms with Gasteiger partial charge in [0.15, 0.2) is 0 Å². The summed E-state index contributed by atoms with van der Waals surface area (Å²) in [6, 6.07) is 34.0. The Morgan fingerprint density at radius 3 is 2.26 bits per heavy atom. The van der Waals surface area contributed by atoms with Crippen LogP contribution in [0.2, 0.25) is 0 Å². The zero-order valence-electron chi connectivity index (χ0n) is 23.9. The molecule has 0 radical (unpaired) electrons. The lowest BCUT2D eigenvalue weighted by atomic mass is 9.36. The van der Waals surface area contributed by atoms with E-state index in [0.717, 1.165) is 5.75 Å².